The number of rotatable bonds is 7. The minimum atomic E-state index is -0.950. The zero-order valence-corrected chi connectivity index (χ0v) is 14.0. The molecular weight excluding hydrogens is 290 g/mol. The van der Waals surface area contributed by atoms with Gasteiger partial charge in [-0.3, -0.25) is 4.79 Å². The lowest BCUT2D eigenvalue weighted by molar-refractivity contribution is -0.171. The van der Waals surface area contributed by atoms with Crippen LogP contribution in [0.25, 0.3) is 0 Å². The number of hydrogen-bond donors (Lipinski definition) is 1. The molecule has 0 aromatic heterocycles. The summed E-state index contributed by atoms with van der Waals surface area (Å²) in [6, 6.07) is 0. The summed E-state index contributed by atoms with van der Waals surface area (Å²) in [4.78, 5) is 24.4. The number of ether oxygens (including phenoxy) is 3. The molecule has 0 saturated carbocycles. The molecule has 0 bridgehead atoms. The Morgan fingerprint density at radius 3 is 2.27 bits per heavy atom. The second-order valence-electron chi connectivity index (χ2n) is 6.86. The fraction of sp³-hybridized carbons (Fsp3) is 0.867. The fourth-order valence-electron chi connectivity index (χ4n) is 2.18. The van der Waals surface area contributed by atoms with Gasteiger partial charge in [0.25, 0.3) is 0 Å². The van der Waals surface area contributed by atoms with Crippen LogP contribution in [0, 0.1) is 0 Å². The molecule has 128 valence electrons. The van der Waals surface area contributed by atoms with E-state index in [-0.39, 0.29) is 25.6 Å². The standard InChI is InChI=1S/C15H27NO6/c1-11(2)20-6-7-21-15(8-12(17)18)9-16(10-15)13(19)22-14(3,4)5/h11H,6-10H2,1-5H3,(H,17,18). The lowest BCUT2D eigenvalue weighted by Crippen LogP contribution is -2.66. The zero-order chi connectivity index (χ0) is 17.0. The van der Waals surface area contributed by atoms with Gasteiger partial charge in [-0.05, 0) is 34.6 Å². The van der Waals surface area contributed by atoms with E-state index in [1.165, 1.54) is 4.90 Å². The number of carboxylic acid groups (broad SMARTS) is 1. The Hall–Kier alpha value is -1.34. The van der Waals surface area contributed by atoms with Gasteiger partial charge in [0.05, 0.1) is 38.8 Å². The van der Waals surface area contributed by atoms with Crippen LogP contribution in [-0.4, -0.2) is 65.7 Å². The van der Waals surface area contributed by atoms with Crippen LogP contribution in [0.3, 0.4) is 0 Å². The summed E-state index contributed by atoms with van der Waals surface area (Å²) in [6.07, 6.45) is -0.497. The van der Waals surface area contributed by atoms with E-state index in [4.69, 9.17) is 19.3 Å². The monoisotopic (exact) mass is 317 g/mol. The first-order valence-electron chi connectivity index (χ1n) is 7.48. The number of amides is 1. The Labute approximate surface area is 131 Å². The van der Waals surface area contributed by atoms with Gasteiger partial charge in [-0.2, -0.15) is 0 Å². The molecule has 0 aromatic carbocycles. The van der Waals surface area contributed by atoms with Crippen molar-refractivity contribution < 1.29 is 28.9 Å². The first-order chi connectivity index (χ1) is 10.0. The molecule has 1 heterocycles. The SMILES string of the molecule is CC(C)OCCOC1(CC(=O)O)CN(C(=O)OC(C)(C)C)C1. The van der Waals surface area contributed by atoms with E-state index in [1.54, 1.807) is 20.8 Å². The van der Waals surface area contributed by atoms with Crippen molar-refractivity contribution in [1.82, 2.24) is 4.90 Å². The summed E-state index contributed by atoms with van der Waals surface area (Å²) >= 11 is 0. The van der Waals surface area contributed by atoms with Crippen molar-refractivity contribution in [1.29, 1.82) is 0 Å². The summed E-state index contributed by atoms with van der Waals surface area (Å²) < 4.78 is 16.3. The summed E-state index contributed by atoms with van der Waals surface area (Å²) in [5.41, 5.74) is -1.42. The maximum atomic E-state index is 11.9. The molecule has 7 heteroatoms. The average Bonchev–Trinajstić information content (AvgIpc) is 2.26. The van der Waals surface area contributed by atoms with Gasteiger partial charge in [0, 0.05) is 0 Å². The summed E-state index contributed by atoms with van der Waals surface area (Å²) in [7, 11) is 0. The summed E-state index contributed by atoms with van der Waals surface area (Å²) in [5, 5.41) is 9.02. The molecule has 1 aliphatic heterocycles. The maximum Gasteiger partial charge on any atom is 0.410 e. The molecule has 22 heavy (non-hydrogen) atoms. The molecule has 7 nitrogen and oxygen atoms in total. The van der Waals surface area contributed by atoms with Gasteiger partial charge in [0.2, 0.25) is 0 Å². The highest BCUT2D eigenvalue weighted by atomic mass is 16.6. The third-order valence-electron chi connectivity index (χ3n) is 3.03. The number of hydrogen-bond acceptors (Lipinski definition) is 5. The molecular formula is C15H27NO6. The number of carbonyl (C=O) groups excluding carboxylic acids is 1. The summed E-state index contributed by atoms with van der Waals surface area (Å²) in [5.74, 6) is -0.950. The van der Waals surface area contributed by atoms with Gasteiger partial charge in [-0.25, -0.2) is 4.79 Å². The predicted octanol–water partition coefficient (Wildman–Crippen LogP) is 1.89. The van der Waals surface area contributed by atoms with Crippen LogP contribution in [0.5, 0.6) is 0 Å². The molecule has 1 aliphatic rings. The van der Waals surface area contributed by atoms with E-state index in [0.717, 1.165) is 0 Å². The Morgan fingerprint density at radius 1 is 1.23 bits per heavy atom. The fourth-order valence-corrected chi connectivity index (χ4v) is 2.18. The van der Waals surface area contributed by atoms with Crippen LogP contribution >= 0.6 is 0 Å². The van der Waals surface area contributed by atoms with E-state index in [1.807, 2.05) is 13.8 Å². The lowest BCUT2D eigenvalue weighted by Gasteiger charge is -2.48. The molecule has 1 fully saturated rings. The van der Waals surface area contributed by atoms with Crippen LogP contribution in [0.15, 0.2) is 0 Å². The van der Waals surface area contributed by atoms with E-state index in [9.17, 15) is 9.59 Å². The molecule has 0 aromatic rings. The number of carbonyl (C=O) groups is 2. The van der Waals surface area contributed by atoms with Gasteiger partial charge in [-0.15, -0.1) is 0 Å². The van der Waals surface area contributed by atoms with Gasteiger partial charge < -0.3 is 24.2 Å². The molecule has 0 aliphatic carbocycles. The topological polar surface area (TPSA) is 85.3 Å². The normalized spacial score (nSPS) is 17.3. The highest BCUT2D eigenvalue weighted by Gasteiger charge is 2.49. The Balaban J connectivity index is 2.48. The minimum Gasteiger partial charge on any atom is -0.481 e. The summed E-state index contributed by atoms with van der Waals surface area (Å²) in [6.45, 7) is 10.3. The molecule has 1 amide bonds. The Morgan fingerprint density at radius 2 is 1.82 bits per heavy atom. The number of likely N-dealkylation sites (tertiary alicyclic amines) is 1. The van der Waals surface area contributed by atoms with E-state index in [2.05, 4.69) is 0 Å². The van der Waals surface area contributed by atoms with Gasteiger partial charge >= 0.3 is 12.1 Å². The highest BCUT2D eigenvalue weighted by Crippen LogP contribution is 2.30. The quantitative estimate of drug-likeness (QED) is 0.722. The van der Waals surface area contributed by atoms with Crippen LogP contribution in [0.4, 0.5) is 4.79 Å². The molecule has 1 N–H and O–H groups in total. The van der Waals surface area contributed by atoms with Gasteiger partial charge in [0.15, 0.2) is 0 Å². The zero-order valence-electron chi connectivity index (χ0n) is 14.0. The third kappa shape index (κ3) is 6.19. The van der Waals surface area contributed by atoms with Crippen molar-refractivity contribution in [3.05, 3.63) is 0 Å². The molecule has 0 radical (unpaired) electrons. The van der Waals surface area contributed by atoms with Crippen LogP contribution < -0.4 is 0 Å². The Kier molecular flexibility index (Phi) is 6.19. The van der Waals surface area contributed by atoms with Crippen molar-refractivity contribution in [3.63, 3.8) is 0 Å². The van der Waals surface area contributed by atoms with Crippen molar-refractivity contribution in [2.75, 3.05) is 26.3 Å². The van der Waals surface area contributed by atoms with Crippen LogP contribution in [-0.2, 0) is 19.0 Å². The molecule has 1 rings (SSSR count). The van der Waals surface area contributed by atoms with Gasteiger partial charge in [0.1, 0.15) is 11.2 Å². The first-order valence-corrected chi connectivity index (χ1v) is 7.48. The predicted molar refractivity (Wildman–Crippen MR) is 79.8 cm³/mol. The van der Waals surface area contributed by atoms with Crippen molar-refractivity contribution in [3.8, 4) is 0 Å². The average molecular weight is 317 g/mol. The van der Waals surface area contributed by atoms with Gasteiger partial charge in [-0.1, -0.05) is 0 Å². The van der Waals surface area contributed by atoms with E-state index < -0.39 is 23.3 Å². The number of carboxylic acids is 1. The van der Waals surface area contributed by atoms with Crippen LogP contribution in [0.1, 0.15) is 41.0 Å². The molecule has 0 atom stereocenters. The lowest BCUT2D eigenvalue weighted by atomic mass is 9.90. The second kappa shape index (κ2) is 7.28. The van der Waals surface area contributed by atoms with Crippen LogP contribution in [0.2, 0.25) is 0 Å². The Bertz CT molecular complexity index is 395. The number of aliphatic carboxylic acids is 1. The molecule has 0 unspecified atom stereocenters. The van der Waals surface area contributed by atoms with Crippen molar-refractivity contribution >= 4 is 12.1 Å². The van der Waals surface area contributed by atoms with Crippen molar-refractivity contribution in [2.24, 2.45) is 0 Å². The first kappa shape index (κ1) is 18.7. The molecule has 1 saturated heterocycles. The molecule has 0 spiro atoms. The largest absolute Gasteiger partial charge is 0.481 e. The second-order valence-corrected chi connectivity index (χ2v) is 6.86. The third-order valence-corrected chi connectivity index (χ3v) is 3.03. The van der Waals surface area contributed by atoms with E-state index in [0.29, 0.717) is 13.2 Å². The van der Waals surface area contributed by atoms with Crippen molar-refractivity contribution in [2.45, 2.75) is 58.3 Å². The smallest absolute Gasteiger partial charge is 0.410 e. The maximum absolute atomic E-state index is 11.9. The highest BCUT2D eigenvalue weighted by molar-refractivity contribution is 5.72. The minimum absolute atomic E-state index is 0.0960. The number of nitrogens with zero attached hydrogens (tertiary/aromatic N) is 1. The van der Waals surface area contributed by atoms with E-state index >= 15 is 0 Å².